The second-order valence-corrected chi connectivity index (χ2v) is 2.20. The molecule has 0 aromatic heterocycles. The Morgan fingerprint density at radius 3 is 2.80 bits per heavy atom. The molecule has 0 rings (SSSR count). The van der Waals surface area contributed by atoms with E-state index in [1.807, 2.05) is 19.3 Å². The third-order valence-electron chi connectivity index (χ3n) is 1.12. The van der Waals surface area contributed by atoms with Crippen LogP contribution in [-0.4, -0.2) is 6.21 Å². The average Bonchev–Trinajstić information content (AvgIpc) is 1.98. The fourth-order valence-electron chi connectivity index (χ4n) is 0.427. The van der Waals surface area contributed by atoms with Crippen molar-refractivity contribution in [1.82, 2.24) is 0 Å². The first-order valence-corrected chi connectivity index (χ1v) is 3.62. The fourth-order valence-corrected chi connectivity index (χ4v) is 0.427. The second-order valence-electron chi connectivity index (χ2n) is 2.20. The Hall–Kier alpha value is -0.850. The Bertz CT molecular complexity index is 143. The average molecular weight is 137 g/mol. The number of unbranched alkanes of at least 4 members (excludes halogenated alkanes) is 1. The Morgan fingerprint density at radius 1 is 1.60 bits per heavy atom. The van der Waals surface area contributed by atoms with Crippen LogP contribution in [0.3, 0.4) is 0 Å². The zero-order valence-corrected chi connectivity index (χ0v) is 6.80. The van der Waals surface area contributed by atoms with Crippen molar-refractivity contribution < 1.29 is 0 Å². The van der Waals surface area contributed by atoms with Crippen molar-refractivity contribution in [2.45, 2.75) is 26.7 Å². The molecule has 0 N–H and O–H groups in total. The molecule has 0 radical (unpaired) electrons. The fraction of sp³-hybridized carbons (Fsp3) is 0.444. The predicted octanol–water partition coefficient (Wildman–Crippen LogP) is 2.95. The Morgan fingerprint density at radius 2 is 2.30 bits per heavy atom. The van der Waals surface area contributed by atoms with Gasteiger partial charge < -0.3 is 0 Å². The zero-order chi connectivity index (χ0) is 7.82. The smallest absolute Gasteiger partial charge is 0.0292 e. The molecule has 1 nitrogen and oxygen atoms in total. The number of hydrogen-bond acceptors (Lipinski definition) is 1. The van der Waals surface area contributed by atoms with Gasteiger partial charge in [0.1, 0.15) is 0 Å². The third kappa shape index (κ3) is 5.29. The lowest BCUT2D eigenvalue weighted by Crippen LogP contribution is -1.70. The molecule has 0 saturated heterocycles. The van der Waals surface area contributed by atoms with Gasteiger partial charge in [0, 0.05) is 12.4 Å². The summed E-state index contributed by atoms with van der Waals surface area (Å²) in [5, 5.41) is 0. The van der Waals surface area contributed by atoms with Gasteiger partial charge in [0.15, 0.2) is 0 Å². The van der Waals surface area contributed by atoms with E-state index in [0.29, 0.717) is 0 Å². The minimum Gasteiger partial charge on any atom is -0.269 e. The van der Waals surface area contributed by atoms with Crippen molar-refractivity contribution in [3.05, 3.63) is 24.4 Å². The summed E-state index contributed by atoms with van der Waals surface area (Å²) in [5.41, 5.74) is 1.10. The van der Waals surface area contributed by atoms with Gasteiger partial charge in [-0.2, -0.15) is 0 Å². The van der Waals surface area contributed by atoms with Crippen LogP contribution >= 0.6 is 0 Å². The summed E-state index contributed by atoms with van der Waals surface area (Å²) >= 11 is 0. The van der Waals surface area contributed by atoms with Crippen LogP contribution in [0.1, 0.15) is 26.7 Å². The molecule has 1 heteroatoms. The van der Waals surface area contributed by atoms with Gasteiger partial charge in [0.2, 0.25) is 0 Å². The van der Waals surface area contributed by atoms with Gasteiger partial charge in [-0.3, -0.25) is 4.99 Å². The highest BCUT2D eigenvalue weighted by molar-refractivity contribution is 5.58. The molecule has 56 valence electrons. The lowest BCUT2D eigenvalue weighted by atomic mass is 10.3. The van der Waals surface area contributed by atoms with E-state index in [-0.39, 0.29) is 0 Å². The summed E-state index contributed by atoms with van der Waals surface area (Å²) < 4.78 is 0. The number of rotatable bonds is 4. The van der Waals surface area contributed by atoms with Crippen LogP contribution < -0.4 is 0 Å². The third-order valence-corrected chi connectivity index (χ3v) is 1.12. The standard InChI is InChI=1S/C9H15N/c1-4-6-7-10-8-9(3)5-2/h5,7-8H,2,4,6H2,1,3H3/b9-8-,10-7?. The van der Waals surface area contributed by atoms with Gasteiger partial charge in [-0.1, -0.05) is 26.0 Å². The van der Waals surface area contributed by atoms with Crippen LogP contribution in [0.15, 0.2) is 29.4 Å². The lowest BCUT2D eigenvalue weighted by molar-refractivity contribution is 1.01. The molecule has 0 aromatic carbocycles. The van der Waals surface area contributed by atoms with Crippen LogP contribution in [0.2, 0.25) is 0 Å². The molecule has 0 heterocycles. The summed E-state index contributed by atoms with van der Waals surface area (Å²) in [4.78, 5) is 4.07. The van der Waals surface area contributed by atoms with Crippen LogP contribution in [0, 0.1) is 0 Å². The van der Waals surface area contributed by atoms with E-state index in [4.69, 9.17) is 0 Å². The highest BCUT2D eigenvalue weighted by Gasteiger charge is 1.74. The minimum absolute atomic E-state index is 1.06. The Labute approximate surface area is 63.2 Å². The van der Waals surface area contributed by atoms with Crippen molar-refractivity contribution in [1.29, 1.82) is 0 Å². The quantitative estimate of drug-likeness (QED) is 0.417. The highest BCUT2D eigenvalue weighted by Crippen LogP contribution is 1.92. The molecule has 0 amide bonds. The molecule has 0 aliphatic rings. The van der Waals surface area contributed by atoms with Crippen molar-refractivity contribution in [2.75, 3.05) is 0 Å². The van der Waals surface area contributed by atoms with E-state index in [2.05, 4.69) is 18.5 Å². The van der Waals surface area contributed by atoms with Crippen molar-refractivity contribution >= 4 is 6.21 Å². The predicted molar refractivity (Wildman–Crippen MR) is 47.4 cm³/mol. The second kappa shape index (κ2) is 6.27. The van der Waals surface area contributed by atoms with Crippen LogP contribution in [0.4, 0.5) is 0 Å². The maximum Gasteiger partial charge on any atom is 0.0292 e. The SMILES string of the molecule is C=C/C(C)=C\N=CCCC. The maximum atomic E-state index is 4.07. The van der Waals surface area contributed by atoms with E-state index in [1.165, 1.54) is 0 Å². The summed E-state index contributed by atoms with van der Waals surface area (Å²) in [7, 11) is 0. The van der Waals surface area contributed by atoms with Crippen LogP contribution in [0.5, 0.6) is 0 Å². The van der Waals surface area contributed by atoms with E-state index in [0.717, 1.165) is 18.4 Å². The molecule has 0 aromatic rings. The van der Waals surface area contributed by atoms with E-state index in [9.17, 15) is 0 Å². The lowest BCUT2D eigenvalue weighted by Gasteiger charge is -1.84. The Balaban J connectivity index is 3.59. The zero-order valence-electron chi connectivity index (χ0n) is 6.80. The van der Waals surface area contributed by atoms with Gasteiger partial charge >= 0.3 is 0 Å². The largest absolute Gasteiger partial charge is 0.269 e. The monoisotopic (exact) mass is 137 g/mol. The first-order chi connectivity index (χ1) is 4.81. The van der Waals surface area contributed by atoms with Crippen molar-refractivity contribution in [2.24, 2.45) is 4.99 Å². The summed E-state index contributed by atoms with van der Waals surface area (Å²) in [6.07, 6.45) is 7.75. The number of allylic oxidation sites excluding steroid dienone is 2. The summed E-state index contributed by atoms with van der Waals surface area (Å²) in [6.45, 7) is 7.73. The molecule has 0 bridgehead atoms. The van der Waals surface area contributed by atoms with Crippen molar-refractivity contribution in [3.63, 3.8) is 0 Å². The molecule has 0 unspecified atom stereocenters. The highest BCUT2D eigenvalue weighted by atomic mass is 14.7. The summed E-state index contributed by atoms with van der Waals surface area (Å²) in [5.74, 6) is 0. The van der Waals surface area contributed by atoms with Gasteiger partial charge in [-0.05, 0) is 18.9 Å². The first-order valence-electron chi connectivity index (χ1n) is 3.62. The van der Waals surface area contributed by atoms with Crippen LogP contribution in [0.25, 0.3) is 0 Å². The summed E-state index contributed by atoms with van der Waals surface area (Å²) in [6, 6.07) is 0. The normalized spacial score (nSPS) is 12.4. The molecule has 0 fully saturated rings. The number of nitrogens with zero attached hydrogens (tertiary/aromatic N) is 1. The van der Waals surface area contributed by atoms with Gasteiger partial charge in [-0.25, -0.2) is 0 Å². The van der Waals surface area contributed by atoms with Gasteiger partial charge in [-0.15, -0.1) is 0 Å². The Kier molecular flexibility index (Phi) is 5.74. The van der Waals surface area contributed by atoms with E-state index < -0.39 is 0 Å². The number of aliphatic imine (C=N–C) groups is 1. The van der Waals surface area contributed by atoms with Gasteiger partial charge in [0.05, 0.1) is 0 Å². The maximum absolute atomic E-state index is 4.07. The van der Waals surface area contributed by atoms with E-state index in [1.54, 1.807) is 6.08 Å². The molecular weight excluding hydrogens is 122 g/mol. The molecule has 0 aliphatic heterocycles. The first kappa shape index (κ1) is 9.15. The molecule has 10 heavy (non-hydrogen) atoms. The molecule has 0 atom stereocenters. The molecule has 0 spiro atoms. The van der Waals surface area contributed by atoms with E-state index >= 15 is 0 Å². The topological polar surface area (TPSA) is 12.4 Å². The van der Waals surface area contributed by atoms with Gasteiger partial charge in [0.25, 0.3) is 0 Å². The molecule has 0 aliphatic carbocycles. The molecule has 0 saturated carbocycles. The number of hydrogen-bond donors (Lipinski definition) is 0. The molecular formula is C9H15N. The minimum atomic E-state index is 1.06. The van der Waals surface area contributed by atoms with Crippen LogP contribution in [-0.2, 0) is 0 Å². The van der Waals surface area contributed by atoms with Crippen molar-refractivity contribution in [3.8, 4) is 0 Å².